The van der Waals surface area contributed by atoms with Crippen molar-refractivity contribution in [3.05, 3.63) is 132 Å². The molecule has 5 aromatic rings. The van der Waals surface area contributed by atoms with Crippen LogP contribution in [0.5, 0.6) is 0 Å². The molecule has 39 heavy (non-hydrogen) atoms. The van der Waals surface area contributed by atoms with E-state index in [4.69, 9.17) is 5.14 Å². The molecule has 196 valence electrons. The number of hydrogen-bond donors (Lipinski definition) is 2. The fraction of sp³-hybridized carbons (Fsp3) is 0.0667. The van der Waals surface area contributed by atoms with E-state index in [9.17, 15) is 13.2 Å². The van der Waals surface area contributed by atoms with Crippen LogP contribution < -0.4 is 10.5 Å². The fourth-order valence-corrected chi connectivity index (χ4v) is 5.63. The van der Waals surface area contributed by atoms with Crippen molar-refractivity contribution in [2.45, 2.75) is 27.8 Å². The smallest absolute Gasteiger partial charge is 0.252 e. The summed E-state index contributed by atoms with van der Waals surface area (Å²) >= 11 is 1.38. The van der Waals surface area contributed by atoms with Crippen LogP contribution in [0, 0.1) is 0 Å². The van der Waals surface area contributed by atoms with Gasteiger partial charge in [0, 0.05) is 35.3 Å². The van der Waals surface area contributed by atoms with Gasteiger partial charge in [0.2, 0.25) is 10.0 Å². The van der Waals surface area contributed by atoms with Crippen molar-refractivity contribution in [2.24, 2.45) is 5.14 Å². The van der Waals surface area contributed by atoms with E-state index in [1.54, 1.807) is 30.7 Å². The molecule has 0 unspecified atom stereocenters. The predicted octanol–water partition coefficient (Wildman–Crippen LogP) is 5.33. The van der Waals surface area contributed by atoms with Crippen LogP contribution in [0.3, 0.4) is 0 Å². The van der Waals surface area contributed by atoms with Crippen LogP contribution in [-0.4, -0.2) is 23.9 Å². The molecule has 1 heterocycles. The average Bonchev–Trinajstić information content (AvgIpc) is 3.46. The molecule has 1 amide bonds. The summed E-state index contributed by atoms with van der Waals surface area (Å²) in [7, 11) is -3.76. The lowest BCUT2D eigenvalue weighted by molar-refractivity contribution is 0.0948. The van der Waals surface area contributed by atoms with E-state index < -0.39 is 10.0 Å². The first-order chi connectivity index (χ1) is 18.9. The van der Waals surface area contributed by atoms with Gasteiger partial charge < -0.3 is 9.88 Å². The number of nitrogens with zero attached hydrogens (tertiary/aromatic N) is 2. The molecule has 5 rings (SSSR count). The number of benzene rings is 4. The Balaban J connectivity index is 1.29. The Bertz CT molecular complexity index is 1680. The third-order valence-electron chi connectivity index (χ3n) is 6.16. The summed E-state index contributed by atoms with van der Waals surface area (Å²) in [5.41, 5.74) is 4.87. The summed E-state index contributed by atoms with van der Waals surface area (Å²) in [5, 5.41) is 8.26. The lowest BCUT2D eigenvalue weighted by atomic mass is 9.98. The first kappa shape index (κ1) is 26.4. The summed E-state index contributed by atoms with van der Waals surface area (Å²) in [4.78, 5) is 18.9. The zero-order chi connectivity index (χ0) is 27.2. The van der Waals surface area contributed by atoms with Crippen LogP contribution >= 0.6 is 11.8 Å². The predicted molar refractivity (Wildman–Crippen MR) is 153 cm³/mol. The number of imidazole rings is 1. The molecule has 9 heteroatoms. The van der Waals surface area contributed by atoms with Crippen LogP contribution in [0.4, 0.5) is 0 Å². The number of nitrogens with one attached hydrogen (secondary N) is 1. The largest absolute Gasteiger partial charge is 0.348 e. The molecule has 0 saturated carbocycles. The number of carbonyl (C=O) groups is 1. The van der Waals surface area contributed by atoms with Gasteiger partial charge in [0.15, 0.2) is 0 Å². The second kappa shape index (κ2) is 11.7. The van der Waals surface area contributed by atoms with Gasteiger partial charge in [-0.2, -0.15) is 0 Å². The molecule has 0 atom stereocenters. The van der Waals surface area contributed by atoms with Crippen molar-refractivity contribution in [3.8, 4) is 11.1 Å². The van der Waals surface area contributed by atoms with E-state index in [-0.39, 0.29) is 10.8 Å². The van der Waals surface area contributed by atoms with Gasteiger partial charge in [0.25, 0.3) is 5.91 Å². The molecule has 7 nitrogen and oxygen atoms in total. The topological polar surface area (TPSA) is 107 Å². The maximum absolute atomic E-state index is 13.2. The molecule has 0 bridgehead atoms. The van der Waals surface area contributed by atoms with Crippen molar-refractivity contribution >= 4 is 27.7 Å². The molecule has 0 radical (unpaired) electrons. The minimum atomic E-state index is -3.76. The lowest BCUT2D eigenvalue weighted by Crippen LogP contribution is -2.23. The molecule has 1 aromatic heterocycles. The van der Waals surface area contributed by atoms with Crippen LogP contribution in [-0.2, 0) is 23.1 Å². The fourth-order valence-electron chi connectivity index (χ4n) is 4.18. The number of amides is 1. The highest BCUT2D eigenvalue weighted by Gasteiger charge is 2.14. The Labute approximate surface area is 231 Å². The van der Waals surface area contributed by atoms with Gasteiger partial charge >= 0.3 is 0 Å². The maximum atomic E-state index is 13.2. The Hall–Kier alpha value is -4.18. The highest BCUT2D eigenvalue weighted by atomic mass is 32.2. The van der Waals surface area contributed by atoms with Gasteiger partial charge in [-0.15, -0.1) is 0 Å². The first-order valence-corrected chi connectivity index (χ1v) is 14.5. The highest BCUT2D eigenvalue weighted by molar-refractivity contribution is 7.99. The van der Waals surface area contributed by atoms with Gasteiger partial charge in [-0.3, -0.25) is 4.79 Å². The average molecular weight is 555 g/mol. The summed E-state index contributed by atoms with van der Waals surface area (Å²) in [5.74, 6) is -0.190. The van der Waals surface area contributed by atoms with Gasteiger partial charge in [-0.25, -0.2) is 18.5 Å². The molecule has 4 aromatic carbocycles. The maximum Gasteiger partial charge on any atom is 0.252 e. The van der Waals surface area contributed by atoms with E-state index >= 15 is 0 Å². The van der Waals surface area contributed by atoms with E-state index in [2.05, 4.69) is 40.6 Å². The molecular formula is C30H26N4O3S2. The number of sulfonamides is 1. The normalized spacial score (nSPS) is 11.3. The molecule has 0 saturated heterocycles. The minimum Gasteiger partial charge on any atom is -0.348 e. The van der Waals surface area contributed by atoms with E-state index in [0.717, 1.165) is 33.0 Å². The first-order valence-electron chi connectivity index (χ1n) is 12.2. The van der Waals surface area contributed by atoms with Crippen molar-refractivity contribution in [1.29, 1.82) is 0 Å². The van der Waals surface area contributed by atoms with Crippen LogP contribution in [0.1, 0.15) is 21.5 Å². The molecule has 0 aliphatic heterocycles. The Kier molecular flexibility index (Phi) is 7.92. The van der Waals surface area contributed by atoms with E-state index in [1.807, 2.05) is 47.2 Å². The van der Waals surface area contributed by atoms with Gasteiger partial charge in [-0.05, 0) is 58.7 Å². The number of nitrogens with two attached hydrogens (primary N) is 1. The van der Waals surface area contributed by atoms with Crippen LogP contribution in [0.25, 0.3) is 11.1 Å². The van der Waals surface area contributed by atoms with Crippen molar-refractivity contribution < 1.29 is 13.2 Å². The minimum absolute atomic E-state index is 0.0457. The lowest BCUT2D eigenvalue weighted by Gasteiger charge is -2.13. The second-order valence-corrected chi connectivity index (χ2v) is 11.6. The summed E-state index contributed by atoms with van der Waals surface area (Å²) in [6, 6.07) is 30.0. The quantitative estimate of drug-likeness (QED) is 0.256. The van der Waals surface area contributed by atoms with Gasteiger partial charge in [0.05, 0.1) is 16.8 Å². The third-order valence-corrected chi connectivity index (χ3v) is 8.17. The van der Waals surface area contributed by atoms with Crippen molar-refractivity contribution in [1.82, 2.24) is 14.9 Å². The second-order valence-electron chi connectivity index (χ2n) is 8.89. The molecule has 0 aliphatic rings. The van der Waals surface area contributed by atoms with Crippen LogP contribution in [0.15, 0.2) is 130 Å². The Morgan fingerprint density at radius 3 is 2.33 bits per heavy atom. The highest BCUT2D eigenvalue weighted by Crippen LogP contribution is 2.31. The molecule has 3 N–H and O–H groups in total. The molecule has 0 aliphatic carbocycles. The zero-order valence-corrected chi connectivity index (χ0v) is 22.5. The number of primary sulfonamides is 1. The summed E-state index contributed by atoms with van der Waals surface area (Å²) < 4.78 is 25.1. The summed E-state index contributed by atoms with van der Waals surface area (Å²) in [6.07, 6.45) is 5.50. The zero-order valence-electron chi connectivity index (χ0n) is 20.9. The van der Waals surface area contributed by atoms with E-state index in [1.165, 1.54) is 29.5 Å². The Morgan fingerprint density at radius 2 is 1.62 bits per heavy atom. The van der Waals surface area contributed by atoms with Crippen molar-refractivity contribution in [2.75, 3.05) is 0 Å². The summed E-state index contributed by atoms with van der Waals surface area (Å²) in [6.45, 7) is 1.12. The van der Waals surface area contributed by atoms with Gasteiger partial charge in [0.1, 0.15) is 0 Å². The number of hydrogen-bond acceptors (Lipinski definition) is 5. The number of carbonyl (C=O) groups excluding carboxylic acids is 1. The third kappa shape index (κ3) is 6.64. The standard InChI is InChI=1S/C30H26N4O3S2/c31-39(36,37)26-15-13-25(14-16-26)38-29-8-4-3-7-28(29)30(35)33-19-24-5-1-2-6-27(24)23-11-9-22(10-12-23)20-34-18-17-32-21-34/h1-18,21H,19-20H2,(H,33,35)(H2,31,36,37). The van der Waals surface area contributed by atoms with Crippen molar-refractivity contribution in [3.63, 3.8) is 0 Å². The monoisotopic (exact) mass is 554 g/mol. The van der Waals surface area contributed by atoms with E-state index in [0.29, 0.717) is 12.1 Å². The number of rotatable bonds is 9. The van der Waals surface area contributed by atoms with Crippen LogP contribution in [0.2, 0.25) is 0 Å². The SMILES string of the molecule is NS(=O)(=O)c1ccc(Sc2ccccc2C(=O)NCc2ccccc2-c2ccc(Cn3ccnc3)cc2)cc1. The number of aromatic nitrogens is 2. The Morgan fingerprint density at radius 1 is 0.897 bits per heavy atom. The van der Waals surface area contributed by atoms with Gasteiger partial charge in [-0.1, -0.05) is 72.4 Å². The molecule has 0 spiro atoms. The molecular weight excluding hydrogens is 528 g/mol. The molecule has 0 fully saturated rings.